The first-order valence-corrected chi connectivity index (χ1v) is 8.42. The fourth-order valence-electron chi connectivity index (χ4n) is 1.52. The molecule has 0 spiro atoms. The second-order valence-corrected chi connectivity index (χ2v) is 8.57. The second-order valence-electron chi connectivity index (χ2n) is 3.73. The summed E-state index contributed by atoms with van der Waals surface area (Å²) in [4.78, 5) is 0. The van der Waals surface area contributed by atoms with E-state index < -0.39 is 8.32 Å². The Morgan fingerprint density at radius 3 is 1.77 bits per heavy atom. The highest BCUT2D eigenvalue weighted by molar-refractivity contribution is 6.79. The fourth-order valence-corrected chi connectivity index (χ4v) is 5.67. The van der Waals surface area contributed by atoms with Crippen molar-refractivity contribution in [3.63, 3.8) is 0 Å². The number of unbranched alkanes of at least 4 members (excludes halogenated alkanes) is 2. The standard InChI is InChI=1S/C10H23ClOSi/c1-4-6-8-13(10-11,12-3)9-7-5-2/h4-10H2,1-3H3. The van der Waals surface area contributed by atoms with Crippen LogP contribution in [0.4, 0.5) is 0 Å². The third kappa shape index (κ3) is 5.04. The smallest absolute Gasteiger partial charge is 0.206 e. The van der Waals surface area contributed by atoms with Crippen molar-refractivity contribution in [3.8, 4) is 0 Å². The van der Waals surface area contributed by atoms with Gasteiger partial charge in [-0.3, -0.25) is 0 Å². The third-order valence-electron chi connectivity index (χ3n) is 2.65. The molecule has 13 heavy (non-hydrogen) atoms. The molecule has 0 saturated heterocycles. The summed E-state index contributed by atoms with van der Waals surface area (Å²) in [5, 5.41) is 0. The lowest BCUT2D eigenvalue weighted by Crippen LogP contribution is -2.39. The highest BCUT2D eigenvalue weighted by Gasteiger charge is 2.31. The van der Waals surface area contributed by atoms with Gasteiger partial charge in [0.1, 0.15) is 0 Å². The zero-order valence-electron chi connectivity index (χ0n) is 9.24. The van der Waals surface area contributed by atoms with Gasteiger partial charge in [0.25, 0.3) is 0 Å². The van der Waals surface area contributed by atoms with E-state index >= 15 is 0 Å². The first kappa shape index (κ1) is 13.5. The molecule has 0 aliphatic rings. The van der Waals surface area contributed by atoms with Gasteiger partial charge in [0.2, 0.25) is 8.32 Å². The molecule has 0 bridgehead atoms. The van der Waals surface area contributed by atoms with Gasteiger partial charge < -0.3 is 4.43 Å². The first-order valence-electron chi connectivity index (χ1n) is 5.35. The average Bonchev–Trinajstić information content (AvgIpc) is 2.20. The van der Waals surface area contributed by atoms with Crippen molar-refractivity contribution in [2.45, 2.75) is 51.6 Å². The van der Waals surface area contributed by atoms with Crippen LogP contribution in [0, 0.1) is 0 Å². The van der Waals surface area contributed by atoms with Crippen molar-refractivity contribution in [1.82, 2.24) is 0 Å². The molecule has 80 valence electrons. The summed E-state index contributed by atoms with van der Waals surface area (Å²) < 4.78 is 5.70. The Balaban J connectivity index is 3.97. The van der Waals surface area contributed by atoms with E-state index in [9.17, 15) is 0 Å². The third-order valence-corrected chi connectivity index (χ3v) is 7.99. The molecule has 0 heterocycles. The molecule has 0 fully saturated rings. The van der Waals surface area contributed by atoms with Gasteiger partial charge in [-0.15, -0.1) is 11.6 Å². The van der Waals surface area contributed by atoms with E-state index in [-0.39, 0.29) is 0 Å². The molecule has 0 N–H and O–H groups in total. The zero-order valence-corrected chi connectivity index (χ0v) is 11.0. The lowest BCUT2D eigenvalue weighted by atomic mass is 10.4. The predicted octanol–water partition coefficient (Wildman–Crippen LogP) is 3.96. The molecule has 0 atom stereocenters. The Labute approximate surface area is 88.9 Å². The van der Waals surface area contributed by atoms with Crippen LogP contribution in [-0.4, -0.2) is 20.9 Å². The van der Waals surface area contributed by atoms with E-state index in [0.717, 1.165) is 5.50 Å². The van der Waals surface area contributed by atoms with Crippen LogP contribution in [0.5, 0.6) is 0 Å². The van der Waals surface area contributed by atoms with Crippen LogP contribution in [0.1, 0.15) is 39.5 Å². The minimum absolute atomic E-state index is 0.767. The van der Waals surface area contributed by atoms with Crippen molar-refractivity contribution in [2.75, 3.05) is 12.6 Å². The molecular formula is C10H23ClOSi. The van der Waals surface area contributed by atoms with E-state index in [1.807, 2.05) is 7.11 Å². The van der Waals surface area contributed by atoms with Crippen molar-refractivity contribution in [2.24, 2.45) is 0 Å². The van der Waals surface area contributed by atoms with E-state index in [2.05, 4.69) is 13.8 Å². The quantitative estimate of drug-likeness (QED) is 0.446. The summed E-state index contributed by atoms with van der Waals surface area (Å²) in [7, 11) is 0.327. The number of halogens is 1. The summed E-state index contributed by atoms with van der Waals surface area (Å²) >= 11 is 6.03. The number of hydrogen-bond acceptors (Lipinski definition) is 1. The summed E-state index contributed by atoms with van der Waals surface area (Å²) in [6.07, 6.45) is 5.05. The minimum atomic E-state index is -1.52. The topological polar surface area (TPSA) is 9.23 Å². The minimum Gasteiger partial charge on any atom is -0.419 e. The van der Waals surface area contributed by atoms with Gasteiger partial charge in [0.05, 0.1) is 0 Å². The van der Waals surface area contributed by atoms with Gasteiger partial charge in [0.15, 0.2) is 0 Å². The van der Waals surface area contributed by atoms with Crippen molar-refractivity contribution in [3.05, 3.63) is 0 Å². The predicted molar refractivity (Wildman–Crippen MR) is 62.9 cm³/mol. The Kier molecular flexibility index (Phi) is 8.11. The fraction of sp³-hybridized carbons (Fsp3) is 1.00. The van der Waals surface area contributed by atoms with E-state index in [0.29, 0.717) is 0 Å². The van der Waals surface area contributed by atoms with Crippen LogP contribution in [0.3, 0.4) is 0 Å². The lowest BCUT2D eigenvalue weighted by Gasteiger charge is -2.27. The number of hydrogen-bond donors (Lipinski definition) is 0. The Morgan fingerprint density at radius 1 is 1.08 bits per heavy atom. The molecule has 0 aromatic rings. The van der Waals surface area contributed by atoms with Crippen LogP contribution in [0.25, 0.3) is 0 Å². The average molecular weight is 223 g/mol. The van der Waals surface area contributed by atoms with Gasteiger partial charge in [-0.05, 0) is 12.1 Å². The normalized spacial score (nSPS) is 12.0. The summed E-state index contributed by atoms with van der Waals surface area (Å²) in [5.41, 5.74) is 0.767. The maximum Gasteiger partial charge on any atom is 0.206 e. The molecule has 0 aliphatic heterocycles. The maximum atomic E-state index is 6.03. The van der Waals surface area contributed by atoms with Gasteiger partial charge >= 0.3 is 0 Å². The molecule has 0 aliphatic carbocycles. The van der Waals surface area contributed by atoms with Crippen LogP contribution in [0.15, 0.2) is 0 Å². The first-order chi connectivity index (χ1) is 6.24. The van der Waals surface area contributed by atoms with Crippen LogP contribution >= 0.6 is 11.6 Å². The van der Waals surface area contributed by atoms with Gasteiger partial charge in [0, 0.05) is 12.6 Å². The Hall–Kier alpha value is 0.467. The Morgan fingerprint density at radius 2 is 1.54 bits per heavy atom. The SMILES string of the molecule is CCCC[Si](CCl)(CCCC)OC. The Bertz CT molecular complexity index is 105. The molecular weight excluding hydrogens is 200 g/mol. The summed E-state index contributed by atoms with van der Waals surface area (Å²) in [6.45, 7) is 4.45. The van der Waals surface area contributed by atoms with Crippen LogP contribution < -0.4 is 0 Å². The molecule has 0 aromatic carbocycles. The van der Waals surface area contributed by atoms with Crippen molar-refractivity contribution in [1.29, 1.82) is 0 Å². The highest BCUT2D eigenvalue weighted by Crippen LogP contribution is 2.23. The number of alkyl halides is 1. The van der Waals surface area contributed by atoms with E-state index in [4.69, 9.17) is 16.0 Å². The molecule has 0 amide bonds. The van der Waals surface area contributed by atoms with Gasteiger partial charge in [-0.25, -0.2) is 0 Å². The summed E-state index contributed by atoms with van der Waals surface area (Å²) in [5.74, 6) is 0. The molecule has 1 nitrogen and oxygen atoms in total. The molecule has 0 saturated carbocycles. The zero-order chi connectivity index (χ0) is 10.2. The second kappa shape index (κ2) is 7.83. The van der Waals surface area contributed by atoms with Crippen LogP contribution in [-0.2, 0) is 4.43 Å². The molecule has 0 unspecified atom stereocenters. The largest absolute Gasteiger partial charge is 0.419 e. The molecule has 3 heteroatoms. The molecule has 0 aromatic heterocycles. The van der Waals surface area contributed by atoms with Crippen molar-refractivity contribution < 1.29 is 4.43 Å². The van der Waals surface area contributed by atoms with Crippen LogP contribution in [0.2, 0.25) is 12.1 Å². The van der Waals surface area contributed by atoms with Gasteiger partial charge in [-0.2, -0.15) is 0 Å². The molecule has 0 rings (SSSR count). The van der Waals surface area contributed by atoms with E-state index in [1.54, 1.807) is 0 Å². The molecule has 0 radical (unpaired) electrons. The maximum absolute atomic E-state index is 6.03. The number of rotatable bonds is 8. The lowest BCUT2D eigenvalue weighted by molar-refractivity contribution is 0.391. The van der Waals surface area contributed by atoms with E-state index in [1.165, 1.54) is 37.8 Å². The highest BCUT2D eigenvalue weighted by atomic mass is 35.5. The van der Waals surface area contributed by atoms with Gasteiger partial charge in [-0.1, -0.05) is 39.5 Å². The monoisotopic (exact) mass is 222 g/mol. The summed E-state index contributed by atoms with van der Waals surface area (Å²) in [6, 6.07) is 2.48. The van der Waals surface area contributed by atoms with Crippen molar-refractivity contribution >= 4 is 19.9 Å².